The van der Waals surface area contributed by atoms with Crippen LogP contribution in [0.15, 0.2) is 52.8 Å². The Labute approximate surface area is 154 Å². The van der Waals surface area contributed by atoms with Gasteiger partial charge in [0.05, 0.1) is 10.6 Å². The van der Waals surface area contributed by atoms with Crippen molar-refractivity contribution in [2.24, 2.45) is 0 Å². The van der Waals surface area contributed by atoms with Crippen molar-refractivity contribution in [2.75, 3.05) is 13.1 Å². The number of hydrogen-bond acceptors (Lipinski definition) is 5. The van der Waals surface area contributed by atoms with Gasteiger partial charge in [0.25, 0.3) is 11.5 Å². The lowest BCUT2D eigenvalue weighted by Gasteiger charge is -2.31. The summed E-state index contributed by atoms with van der Waals surface area (Å²) in [5.41, 5.74) is 1.25. The molecule has 0 aromatic carbocycles. The average molecular weight is 366 g/mol. The number of nitrogens with one attached hydrogen (secondary N) is 1. The molecule has 0 radical (unpaired) electrons. The molecule has 0 saturated carbocycles. The first-order valence-corrected chi connectivity index (χ1v) is 9.44. The van der Waals surface area contributed by atoms with E-state index in [1.807, 2.05) is 40.6 Å². The van der Waals surface area contributed by atoms with Gasteiger partial charge >= 0.3 is 0 Å². The minimum absolute atomic E-state index is 0.0893. The summed E-state index contributed by atoms with van der Waals surface area (Å²) in [7, 11) is 0. The molecule has 0 aliphatic carbocycles. The number of rotatable bonds is 3. The van der Waals surface area contributed by atoms with Crippen LogP contribution in [0.25, 0.3) is 11.5 Å². The van der Waals surface area contributed by atoms with Crippen LogP contribution in [0, 0.1) is 0 Å². The van der Waals surface area contributed by atoms with Crippen LogP contribution in [0.5, 0.6) is 0 Å². The molecule has 4 rings (SSSR count). The van der Waals surface area contributed by atoms with Crippen LogP contribution in [-0.4, -0.2) is 38.8 Å². The van der Waals surface area contributed by atoms with E-state index in [9.17, 15) is 9.59 Å². The molecule has 0 spiro atoms. The molecule has 7 heteroatoms. The van der Waals surface area contributed by atoms with E-state index in [1.54, 1.807) is 12.3 Å². The lowest BCUT2D eigenvalue weighted by atomic mass is 9.93. The zero-order valence-electron chi connectivity index (χ0n) is 14.1. The van der Waals surface area contributed by atoms with E-state index in [2.05, 4.69) is 15.0 Å². The summed E-state index contributed by atoms with van der Waals surface area (Å²) in [6, 6.07) is 10.8. The topological polar surface area (TPSA) is 79.0 Å². The lowest BCUT2D eigenvalue weighted by molar-refractivity contribution is 0.0717. The molecule has 1 aliphatic rings. The predicted octanol–water partition coefficient (Wildman–Crippen LogP) is 2.91. The maximum Gasteiger partial charge on any atom is 0.263 e. The van der Waals surface area contributed by atoms with Crippen molar-refractivity contribution in [2.45, 2.75) is 18.8 Å². The monoisotopic (exact) mass is 366 g/mol. The summed E-state index contributed by atoms with van der Waals surface area (Å²) < 4.78 is 0. The Morgan fingerprint density at radius 2 is 2.04 bits per heavy atom. The first kappa shape index (κ1) is 16.7. The van der Waals surface area contributed by atoms with Crippen LogP contribution in [0.1, 0.15) is 34.1 Å². The molecule has 1 N–H and O–H groups in total. The van der Waals surface area contributed by atoms with Gasteiger partial charge in [-0.3, -0.25) is 14.6 Å². The summed E-state index contributed by atoms with van der Waals surface area (Å²) in [5, 5.41) is 1.92. The zero-order valence-corrected chi connectivity index (χ0v) is 14.9. The number of nitrogens with zero attached hydrogens (tertiary/aromatic N) is 3. The SMILES string of the molecule is O=C(c1cccs1)N1CCC(c2cc(=O)[nH]c(-c3ccccn3)n2)CC1. The third kappa shape index (κ3) is 3.43. The third-order valence-electron chi connectivity index (χ3n) is 4.60. The molecule has 1 fully saturated rings. The van der Waals surface area contributed by atoms with E-state index in [4.69, 9.17) is 0 Å². The first-order valence-electron chi connectivity index (χ1n) is 8.56. The van der Waals surface area contributed by atoms with Crippen LogP contribution in [0.4, 0.5) is 0 Å². The molecule has 0 unspecified atom stereocenters. The Morgan fingerprint density at radius 3 is 2.73 bits per heavy atom. The molecule has 1 saturated heterocycles. The number of pyridine rings is 1. The zero-order chi connectivity index (χ0) is 17.9. The van der Waals surface area contributed by atoms with Gasteiger partial charge in [-0.2, -0.15) is 0 Å². The molecule has 132 valence electrons. The molecule has 6 nitrogen and oxygen atoms in total. The van der Waals surface area contributed by atoms with Crippen molar-refractivity contribution in [3.63, 3.8) is 0 Å². The van der Waals surface area contributed by atoms with Crippen LogP contribution in [0.2, 0.25) is 0 Å². The molecule has 3 aromatic rings. The van der Waals surface area contributed by atoms with Crippen LogP contribution < -0.4 is 5.56 Å². The van der Waals surface area contributed by atoms with Gasteiger partial charge < -0.3 is 9.88 Å². The molecule has 1 amide bonds. The van der Waals surface area contributed by atoms with Gasteiger partial charge in [-0.1, -0.05) is 12.1 Å². The van der Waals surface area contributed by atoms with E-state index in [-0.39, 0.29) is 17.4 Å². The van der Waals surface area contributed by atoms with Gasteiger partial charge in [-0.05, 0) is 36.4 Å². The van der Waals surface area contributed by atoms with Gasteiger partial charge in [0.15, 0.2) is 5.82 Å². The minimum atomic E-state index is -0.173. The highest BCUT2D eigenvalue weighted by molar-refractivity contribution is 7.12. The number of amides is 1. The summed E-state index contributed by atoms with van der Waals surface area (Å²) >= 11 is 1.47. The molecule has 26 heavy (non-hydrogen) atoms. The van der Waals surface area contributed by atoms with E-state index in [1.165, 1.54) is 11.3 Å². The van der Waals surface area contributed by atoms with E-state index in [0.717, 1.165) is 23.4 Å². The molecule has 0 bridgehead atoms. The Morgan fingerprint density at radius 1 is 1.19 bits per heavy atom. The van der Waals surface area contributed by atoms with Gasteiger partial charge in [0.1, 0.15) is 5.69 Å². The maximum atomic E-state index is 12.5. The molecule has 1 aliphatic heterocycles. The highest BCUT2D eigenvalue weighted by Crippen LogP contribution is 2.28. The number of piperidine rings is 1. The number of likely N-dealkylation sites (tertiary alicyclic amines) is 1. The van der Waals surface area contributed by atoms with E-state index in [0.29, 0.717) is 24.6 Å². The maximum absolute atomic E-state index is 12.5. The van der Waals surface area contributed by atoms with Crippen LogP contribution in [-0.2, 0) is 0 Å². The van der Waals surface area contributed by atoms with Gasteiger partial charge in [-0.15, -0.1) is 11.3 Å². The summed E-state index contributed by atoms with van der Waals surface area (Å²) in [5.74, 6) is 0.754. The number of thiophene rings is 1. The third-order valence-corrected chi connectivity index (χ3v) is 5.46. The fourth-order valence-electron chi connectivity index (χ4n) is 3.24. The molecule has 4 heterocycles. The second-order valence-electron chi connectivity index (χ2n) is 6.28. The highest BCUT2D eigenvalue weighted by atomic mass is 32.1. The standard InChI is InChI=1S/C19H18N4O2S/c24-17-12-15(21-18(22-17)14-4-1-2-8-20-14)13-6-9-23(10-7-13)19(25)16-5-3-11-26-16/h1-5,8,11-13H,6-7,9-10H2,(H,21,22,24). The first-order chi connectivity index (χ1) is 12.7. The van der Waals surface area contributed by atoms with Crippen molar-refractivity contribution in [1.82, 2.24) is 19.9 Å². The molecular formula is C19H18N4O2S. The number of aromatic nitrogens is 3. The second kappa shape index (κ2) is 7.21. The normalized spacial score (nSPS) is 15.2. The fourth-order valence-corrected chi connectivity index (χ4v) is 3.93. The number of H-pyrrole nitrogens is 1. The van der Waals surface area contributed by atoms with Crippen molar-refractivity contribution < 1.29 is 4.79 Å². The molecule has 0 atom stereocenters. The van der Waals surface area contributed by atoms with E-state index >= 15 is 0 Å². The van der Waals surface area contributed by atoms with Crippen molar-refractivity contribution in [3.8, 4) is 11.5 Å². The van der Waals surface area contributed by atoms with Crippen LogP contribution >= 0.6 is 11.3 Å². The number of hydrogen-bond donors (Lipinski definition) is 1. The predicted molar refractivity (Wildman–Crippen MR) is 100 cm³/mol. The Kier molecular flexibility index (Phi) is 4.62. The van der Waals surface area contributed by atoms with Crippen LogP contribution in [0.3, 0.4) is 0 Å². The largest absolute Gasteiger partial charge is 0.338 e. The molecular weight excluding hydrogens is 348 g/mol. The average Bonchev–Trinajstić information content (AvgIpc) is 3.22. The smallest absolute Gasteiger partial charge is 0.263 e. The number of carbonyl (C=O) groups excluding carboxylic acids is 1. The number of carbonyl (C=O) groups is 1. The summed E-state index contributed by atoms with van der Waals surface area (Å²) in [4.78, 5) is 38.8. The summed E-state index contributed by atoms with van der Waals surface area (Å²) in [6.07, 6.45) is 3.28. The van der Waals surface area contributed by atoms with E-state index < -0.39 is 0 Å². The fraction of sp³-hybridized carbons (Fsp3) is 0.263. The minimum Gasteiger partial charge on any atom is -0.338 e. The van der Waals surface area contributed by atoms with Gasteiger partial charge in [0, 0.05) is 31.3 Å². The van der Waals surface area contributed by atoms with Crippen molar-refractivity contribution in [3.05, 3.63) is 68.9 Å². The second-order valence-corrected chi connectivity index (χ2v) is 7.23. The lowest BCUT2D eigenvalue weighted by Crippen LogP contribution is -2.37. The van der Waals surface area contributed by atoms with Gasteiger partial charge in [0.2, 0.25) is 0 Å². The Hall–Kier alpha value is -2.80. The van der Waals surface area contributed by atoms with Gasteiger partial charge in [-0.25, -0.2) is 4.98 Å². The van der Waals surface area contributed by atoms with Crippen molar-refractivity contribution in [1.29, 1.82) is 0 Å². The Bertz CT molecular complexity index is 945. The highest BCUT2D eigenvalue weighted by Gasteiger charge is 2.26. The molecule has 3 aromatic heterocycles. The quantitative estimate of drug-likeness (QED) is 0.773. The Balaban J connectivity index is 1.50. The summed E-state index contributed by atoms with van der Waals surface area (Å²) in [6.45, 7) is 1.35. The number of aromatic amines is 1. The van der Waals surface area contributed by atoms with Crippen molar-refractivity contribution >= 4 is 17.2 Å².